The monoisotopic (exact) mass is 455 g/mol. The number of thioether (sulfide) groups is 2. The first kappa shape index (κ1) is 22.8. The van der Waals surface area contributed by atoms with Crippen molar-refractivity contribution >= 4 is 29.3 Å². The zero-order valence-corrected chi connectivity index (χ0v) is 20.1. The molecule has 2 aromatic carbocycles. The average molecular weight is 456 g/mol. The summed E-state index contributed by atoms with van der Waals surface area (Å²) in [5, 5.41) is 0. The number of hydrogen-bond donors (Lipinski definition) is 0. The number of ether oxygens (including phenoxy) is 1. The van der Waals surface area contributed by atoms with Crippen molar-refractivity contribution in [3.63, 3.8) is 0 Å². The minimum Gasteiger partial charge on any atom is -0.486 e. The van der Waals surface area contributed by atoms with E-state index in [0.717, 1.165) is 38.2 Å². The van der Waals surface area contributed by atoms with Crippen LogP contribution in [-0.4, -0.2) is 41.9 Å². The first-order chi connectivity index (χ1) is 15.2. The van der Waals surface area contributed by atoms with E-state index >= 15 is 0 Å². The van der Waals surface area contributed by atoms with Crippen LogP contribution in [0.3, 0.4) is 0 Å². The summed E-state index contributed by atoms with van der Waals surface area (Å²) < 4.78 is 6.33. The van der Waals surface area contributed by atoms with Gasteiger partial charge in [0.1, 0.15) is 12.4 Å². The summed E-state index contributed by atoms with van der Waals surface area (Å²) in [5.41, 5.74) is 4.06. The number of benzene rings is 2. The molecule has 4 rings (SSSR count). The SMILES string of the molecule is Cc1cccc(CN2CCC(CC(=O)COc3ccc(C4SCCCS4)cc3)CC2)c1. The van der Waals surface area contributed by atoms with Crippen LogP contribution in [0, 0.1) is 12.8 Å². The van der Waals surface area contributed by atoms with Crippen LogP contribution >= 0.6 is 23.5 Å². The maximum atomic E-state index is 12.5. The topological polar surface area (TPSA) is 29.5 Å². The molecule has 0 atom stereocenters. The largest absolute Gasteiger partial charge is 0.486 e. The van der Waals surface area contributed by atoms with Crippen LogP contribution in [0.15, 0.2) is 48.5 Å². The van der Waals surface area contributed by atoms with Gasteiger partial charge in [0, 0.05) is 13.0 Å². The van der Waals surface area contributed by atoms with E-state index in [9.17, 15) is 4.79 Å². The number of nitrogens with zero attached hydrogens (tertiary/aromatic N) is 1. The Hall–Kier alpha value is -1.43. The van der Waals surface area contributed by atoms with Gasteiger partial charge in [-0.2, -0.15) is 0 Å². The standard InChI is InChI=1S/C26H33NO2S2/c1-20-4-2-5-22(16-20)18-27-12-10-21(11-13-27)17-24(28)19-29-25-8-6-23(7-9-25)26-30-14-3-15-31-26/h2,4-9,16,21,26H,3,10-15,17-19H2,1H3. The lowest BCUT2D eigenvalue weighted by Crippen LogP contribution is -2.34. The predicted molar refractivity (Wildman–Crippen MR) is 133 cm³/mol. The summed E-state index contributed by atoms with van der Waals surface area (Å²) in [7, 11) is 0. The summed E-state index contributed by atoms with van der Waals surface area (Å²) >= 11 is 4.05. The van der Waals surface area contributed by atoms with Gasteiger partial charge in [-0.25, -0.2) is 0 Å². The second kappa shape index (κ2) is 11.4. The van der Waals surface area contributed by atoms with Gasteiger partial charge in [0.2, 0.25) is 0 Å². The van der Waals surface area contributed by atoms with Gasteiger partial charge >= 0.3 is 0 Å². The van der Waals surface area contributed by atoms with Crippen LogP contribution in [0.2, 0.25) is 0 Å². The number of piperidine rings is 1. The third kappa shape index (κ3) is 7.03. The van der Waals surface area contributed by atoms with Gasteiger partial charge in [-0.3, -0.25) is 9.69 Å². The van der Waals surface area contributed by atoms with E-state index in [1.54, 1.807) is 0 Å². The van der Waals surface area contributed by atoms with E-state index in [2.05, 4.69) is 48.2 Å². The average Bonchev–Trinajstić information content (AvgIpc) is 2.80. The van der Waals surface area contributed by atoms with Crippen molar-refractivity contribution in [2.24, 2.45) is 5.92 Å². The normalized spacial score (nSPS) is 18.7. The summed E-state index contributed by atoms with van der Waals surface area (Å²) in [6.07, 6.45) is 4.15. The number of carbonyl (C=O) groups excluding carboxylic acids is 1. The molecule has 3 nitrogen and oxygen atoms in total. The van der Waals surface area contributed by atoms with E-state index in [0.29, 0.717) is 16.9 Å². The highest BCUT2D eigenvalue weighted by atomic mass is 32.2. The summed E-state index contributed by atoms with van der Waals surface area (Å²) in [6.45, 7) is 5.50. The third-order valence-electron chi connectivity index (χ3n) is 6.09. The third-order valence-corrected chi connectivity index (χ3v) is 9.11. The Labute approximate surface area is 195 Å². The number of aryl methyl sites for hydroxylation is 1. The fourth-order valence-corrected chi connectivity index (χ4v) is 7.26. The zero-order valence-electron chi connectivity index (χ0n) is 18.4. The van der Waals surface area contributed by atoms with Gasteiger partial charge in [-0.1, -0.05) is 42.0 Å². The summed E-state index contributed by atoms with van der Waals surface area (Å²) in [5.74, 6) is 4.01. The van der Waals surface area contributed by atoms with E-state index in [1.165, 1.54) is 34.6 Å². The number of ketones is 1. The van der Waals surface area contributed by atoms with E-state index < -0.39 is 0 Å². The molecule has 0 N–H and O–H groups in total. The first-order valence-electron chi connectivity index (χ1n) is 11.4. The van der Waals surface area contributed by atoms with Crippen molar-refractivity contribution in [2.75, 3.05) is 31.2 Å². The van der Waals surface area contributed by atoms with Crippen molar-refractivity contribution in [1.82, 2.24) is 4.90 Å². The molecule has 0 radical (unpaired) electrons. The number of Topliss-reactive ketones (excluding diaryl/α,β-unsaturated/α-hetero) is 1. The molecule has 0 aromatic heterocycles. The molecule has 2 aliphatic rings. The molecule has 0 bridgehead atoms. The van der Waals surface area contributed by atoms with E-state index in [-0.39, 0.29) is 12.4 Å². The van der Waals surface area contributed by atoms with Crippen LogP contribution in [0.5, 0.6) is 5.75 Å². The lowest BCUT2D eigenvalue weighted by molar-refractivity contribution is -0.122. The highest BCUT2D eigenvalue weighted by molar-refractivity contribution is 8.16. The van der Waals surface area contributed by atoms with Gasteiger partial charge in [-0.05, 0) is 80.0 Å². The van der Waals surface area contributed by atoms with Crippen LogP contribution < -0.4 is 4.74 Å². The molecule has 0 unspecified atom stereocenters. The maximum Gasteiger partial charge on any atom is 0.170 e. The molecular formula is C26H33NO2S2. The number of hydrogen-bond acceptors (Lipinski definition) is 5. The molecule has 2 fully saturated rings. The molecular weight excluding hydrogens is 422 g/mol. The zero-order chi connectivity index (χ0) is 21.5. The number of rotatable bonds is 8. The van der Waals surface area contributed by atoms with Crippen LogP contribution in [0.1, 0.15) is 47.0 Å². The van der Waals surface area contributed by atoms with Crippen molar-refractivity contribution < 1.29 is 9.53 Å². The Morgan fingerprint density at radius 3 is 2.52 bits per heavy atom. The number of likely N-dealkylation sites (tertiary alicyclic amines) is 1. The molecule has 2 aromatic rings. The van der Waals surface area contributed by atoms with Gasteiger partial charge in [0.15, 0.2) is 5.78 Å². The summed E-state index contributed by atoms with van der Waals surface area (Å²) in [4.78, 5) is 15.0. The molecule has 2 heterocycles. The first-order valence-corrected chi connectivity index (χ1v) is 13.5. The quantitative estimate of drug-likeness (QED) is 0.479. The maximum absolute atomic E-state index is 12.5. The Bertz CT molecular complexity index is 841. The van der Waals surface area contributed by atoms with E-state index in [1.807, 2.05) is 35.7 Å². The van der Waals surface area contributed by atoms with Crippen molar-refractivity contribution in [3.8, 4) is 5.75 Å². The van der Waals surface area contributed by atoms with Crippen molar-refractivity contribution in [3.05, 3.63) is 65.2 Å². The Balaban J connectivity index is 1.16. The second-order valence-electron chi connectivity index (χ2n) is 8.74. The van der Waals surface area contributed by atoms with Gasteiger partial charge in [-0.15, -0.1) is 23.5 Å². The van der Waals surface area contributed by atoms with Crippen molar-refractivity contribution in [1.29, 1.82) is 0 Å². The molecule has 2 aliphatic heterocycles. The van der Waals surface area contributed by atoms with Crippen LogP contribution in [-0.2, 0) is 11.3 Å². The molecule has 166 valence electrons. The fraction of sp³-hybridized carbons (Fsp3) is 0.500. The van der Waals surface area contributed by atoms with Gasteiger partial charge in [0.25, 0.3) is 0 Å². The van der Waals surface area contributed by atoms with Crippen LogP contribution in [0.25, 0.3) is 0 Å². The molecule has 0 saturated carbocycles. The van der Waals surface area contributed by atoms with Crippen LogP contribution in [0.4, 0.5) is 0 Å². The molecule has 2 saturated heterocycles. The highest BCUT2D eigenvalue weighted by Gasteiger charge is 2.22. The molecule has 31 heavy (non-hydrogen) atoms. The Morgan fingerprint density at radius 1 is 1.06 bits per heavy atom. The Kier molecular flexibility index (Phi) is 8.40. The number of carbonyl (C=O) groups is 1. The molecule has 0 spiro atoms. The minimum absolute atomic E-state index is 0.190. The van der Waals surface area contributed by atoms with Gasteiger partial charge < -0.3 is 4.74 Å². The highest BCUT2D eigenvalue weighted by Crippen LogP contribution is 2.43. The van der Waals surface area contributed by atoms with Gasteiger partial charge in [0.05, 0.1) is 4.58 Å². The molecule has 0 aliphatic carbocycles. The fourth-order valence-electron chi connectivity index (χ4n) is 4.36. The smallest absolute Gasteiger partial charge is 0.170 e. The second-order valence-corrected chi connectivity index (χ2v) is 11.5. The molecule has 0 amide bonds. The minimum atomic E-state index is 0.190. The van der Waals surface area contributed by atoms with Crippen molar-refractivity contribution in [2.45, 2.75) is 43.7 Å². The van der Waals surface area contributed by atoms with E-state index in [4.69, 9.17) is 4.74 Å². The molecule has 5 heteroatoms. The lowest BCUT2D eigenvalue weighted by Gasteiger charge is -2.31. The predicted octanol–water partition coefficient (Wildman–Crippen LogP) is 6.11. The summed E-state index contributed by atoms with van der Waals surface area (Å²) in [6, 6.07) is 17.1. The lowest BCUT2D eigenvalue weighted by atomic mass is 9.91. The Morgan fingerprint density at radius 2 is 1.81 bits per heavy atom.